The van der Waals surface area contributed by atoms with Gasteiger partial charge in [0.2, 0.25) is 0 Å². The number of nitrogens with two attached hydrogens (primary N) is 2. The number of benzene rings is 1. The first-order valence-corrected chi connectivity index (χ1v) is 4.03. The molecule has 0 aliphatic rings. The number of carbonyl (C=O) groups is 1. The van der Waals surface area contributed by atoms with Gasteiger partial charge in [-0.1, -0.05) is 6.07 Å². The average molecular weight is 198 g/mol. The van der Waals surface area contributed by atoms with Gasteiger partial charge in [0.15, 0.2) is 0 Å². The Balaban J connectivity index is 2.85. The second-order valence-electron chi connectivity index (χ2n) is 2.99. The summed E-state index contributed by atoms with van der Waals surface area (Å²) in [5.74, 6) is -1.53. The van der Waals surface area contributed by atoms with E-state index in [0.29, 0.717) is 5.56 Å². The molecule has 1 aromatic carbocycles. The largest absolute Gasteiger partial charge is 0.481 e. The van der Waals surface area contributed by atoms with Crippen LogP contribution in [0.25, 0.3) is 0 Å². The summed E-state index contributed by atoms with van der Waals surface area (Å²) in [7, 11) is 0. The van der Waals surface area contributed by atoms with Gasteiger partial charge in [0.1, 0.15) is 5.82 Å². The highest BCUT2D eigenvalue weighted by Crippen LogP contribution is 2.19. The zero-order valence-corrected chi connectivity index (χ0v) is 7.40. The van der Waals surface area contributed by atoms with Crippen LogP contribution < -0.4 is 11.5 Å². The highest BCUT2D eigenvalue weighted by atomic mass is 19.1. The molecule has 1 rings (SSSR count). The van der Waals surface area contributed by atoms with Crippen molar-refractivity contribution < 1.29 is 14.3 Å². The molecule has 4 nitrogen and oxygen atoms in total. The van der Waals surface area contributed by atoms with Crippen LogP contribution in [0.1, 0.15) is 18.0 Å². The van der Waals surface area contributed by atoms with Gasteiger partial charge in [-0.2, -0.15) is 0 Å². The van der Waals surface area contributed by atoms with E-state index < -0.39 is 17.8 Å². The Bertz CT molecular complexity index is 355. The molecule has 0 amide bonds. The van der Waals surface area contributed by atoms with Gasteiger partial charge in [-0.05, 0) is 17.7 Å². The van der Waals surface area contributed by atoms with Crippen molar-refractivity contribution in [1.82, 2.24) is 0 Å². The third kappa shape index (κ3) is 2.43. The fraction of sp³-hybridized carbons (Fsp3) is 0.222. The number of hydrogen-bond donors (Lipinski definition) is 3. The van der Waals surface area contributed by atoms with Gasteiger partial charge in [0.25, 0.3) is 0 Å². The lowest BCUT2D eigenvalue weighted by Crippen LogP contribution is -2.15. The Morgan fingerprint density at radius 3 is 2.71 bits per heavy atom. The first-order chi connectivity index (χ1) is 6.50. The number of carboxylic acid groups (broad SMARTS) is 1. The summed E-state index contributed by atoms with van der Waals surface area (Å²) >= 11 is 0. The zero-order valence-electron chi connectivity index (χ0n) is 7.40. The van der Waals surface area contributed by atoms with E-state index in [-0.39, 0.29) is 12.1 Å². The molecule has 14 heavy (non-hydrogen) atoms. The first-order valence-electron chi connectivity index (χ1n) is 4.03. The second-order valence-corrected chi connectivity index (χ2v) is 2.99. The summed E-state index contributed by atoms with van der Waals surface area (Å²) in [6.45, 7) is 0. The van der Waals surface area contributed by atoms with E-state index in [9.17, 15) is 9.18 Å². The van der Waals surface area contributed by atoms with Crippen molar-refractivity contribution in [1.29, 1.82) is 0 Å². The number of rotatable bonds is 3. The van der Waals surface area contributed by atoms with Crippen LogP contribution >= 0.6 is 0 Å². The molecule has 0 aromatic heterocycles. The SMILES string of the molecule is Nc1cc(C(N)CC(=O)O)ccc1F. The lowest BCUT2D eigenvalue weighted by molar-refractivity contribution is -0.137. The molecule has 5 N–H and O–H groups in total. The number of nitrogen functional groups attached to an aromatic ring is 1. The number of halogens is 1. The standard InChI is InChI=1S/C9H11FN2O2/c10-6-2-1-5(3-8(6)12)7(11)4-9(13)14/h1-3,7H,4,11-12H2,(H,13,14). The molecule has 0 radical (unpaired) electrons. The van der Waals surface area contributed by atoms with Crippen LogP contribution in [0.4, 0.5) is 10.1 Å². The number of hydrogen-bond acceptors (Lipinski definition) is 3. The van der Waals surface area contributed by atoms with Crippen LogP contribution in [0.5, 0.6) is 0 Å². The van der Waals surface area contributed by atoms with Crippen molar-refractivity contribution in [3.05, 3.63) is 29.6 Å². The summed E-state index contributed by atoms with van der Waals surface area (Å²) in [5, 5.41) is 8.48. The smallest absolute Gasteiger partial charge is 0.305 e. The second kappa shape index (κ2) is 4.06. The molecule has 0 aliphatic carbocycles. The normalized spacial score (nSPS) is 12.4. The Kier molecular flexibility index (Phi) is 3.03. The van der Waals surface area contributed by atoms with Crippen LogP contribution in [0.15, 0.2) is 18.2 Å². The van der Waals surface area contributed by atoms with Gasteiger partial charge in [0.05, 0.1) is 12.1 Å². The van der Waals surface area contributed by atoms with Gasteiger partial charge in [0, 0.05) is 6.04 Å². The van der Waals surface area contributed by atoms with Crippen molar-refractivity contribution in [2.24, 2.45) is 5.73 Å². The van der Waals surface area contributed by atoms with Gasteiger partial charge < -0.3 is 16.6 Å². The van der Waals surface area contributed by atoms with E-state index in [1.165, 1.54) is 18.2 Å². The minimum absolute atomic E-state index is 0.0247. The van der Waals surface area contributed by atoms with Gasteiger partial charge >= 0.3 is 5.97 Å². The Morgan fingerprint density at radius 1 is 1.57 bits per heavy atom. The van der Waals surface area contributed by atoms with E-state index in [1.54, 1.807) is 0 Å². The molecular formula is C9H11FN2O2. The zero-order chi connectivity index (χ0) is 10.7. The molecule has 1 aromatic rings. The summed E-state index contributed by atoms with van der Waals surface area (Å²) in [5.41, 5.74) is 11.4. The van der Waals surface area contributed by atoms with Crippen LogP contribution in [-0.4, -0.2) is 11.1 Å². The maximum absolute atomic E-state index is 12.7. The lowest BCUT2D eigenvalue weighted by Gasteiger charge is -2.09. The van der Waals surface area contributed by atoms with E-state index >= 15 is 0 Å². The third-order valence-electron chi connectivity index (χ3n) is 1.84. The van der Waals surface area contributed by atoms with Crippen molar-refractivity contribution in [2.45, 2.75) is 12.5 Å². The summed E-state index contributed by atoms with van der Waals surface area (Å²) < 4.78 is 12.7. The van der Waals surface area contributed by atoms with E-state index in [4.69, 9.17) is 16.6 Å². The van der Waals surface area contributed by atoms with Gasteiger partial charge in [-0.15, -0.1) is 0 Å². The van der Waals surface area contributed by atoms with Crippen molar-refractivity contribution in [2.75, 3.05) is 5.73 Å². The molecule has 0 spiro atoms. The minimum Gasteiger partial charge on any atom is -0.481 e. The van der Waals surface area contributed by atoms with E-state index in [2.05, 4.69) is 0 Å². The molecule has 76 valence electrons. The predicted octanol–water partition coefficient (Wildman–Crippen LogP) is 0.882. The highest BCUT2D eigenvalue weighted by Gasteiger charge is 2.11. The van der Waals surface area contributed by atoms with Crippen LogP contribution in [0.2, 0.25) is 0 Å². The Morgan fingerprint density at radius 2 is 2.21 bits per heavy atom. The third-order valence-corrected chi connectivity index (χ3v) is 1.84. The average Bonchev–Trinajstić information content (AvgIpc) is 2.08. The van der Waals surface area contributed by atoms with Crippen LogP contribution in [0.3, 0.4) is 0 Å². The van der Waals surface area contributed by atoms with Crippen molar-refractivity contribution in [3.63, 3.8) is 0 Å². The topological polar surface area (TPSA) is 89.3 Å². The van der Waals surface area contributed by atoms with Gasteiger partial charge in [-0.25, -0.2) is 4.39 Å². The Hall–Kier alpha value is -1.62. The Labute approximate surface area is 80.3 Å². The molecule has 0 fully saturated rings. The molecule has 0 heterocycles. The lowest BCUT2D eigenvalue weighted by atomic mass is 10.0. The maximum Gasteiger partial charge on any atom is 0.305 e. The molecule has 0 saturated carbocycles. The molecule has 5 heteroatoms. The van der Waals surface area contributed by atoms with Gasteiger partial charge in [-0.3, -0.25) is 4.79 Å². The van der Waals surface area contributed by atoms with Crippen molar-refractivity contribution in [3.8, 4) is 0 Å². The first kappa shape index (κ1) is 10.5. The maximum atomic E-state index is 12.7. The molecule has 0 aliphatic heterocycles. The monoisotopic (exact) mass is 198 g/mol. The molecule has 0 saturated heterocycles. The molecular weight excluding hydrogens is 187 g/mol. The fourth-order valence-corrected chi connectivity index (χ4v) is 1.10. The summed E-state index contributed by atoms with van der Waals surface area (Å²) in [6, 6.07) is 3.30. The number of anilines is 1. The highest BCUT2D eigenvalue weighted by molar-refractivity contribution is 5.68. The van der Waals surface area contributed by atoms with E-state index in [1.807, 2.05) is 0 Å². The minimum atomic E-state index is -1.000. The number of aliphatic carboxylic acids is 1. The molecule has 1 unspecified atom stereocenters. The summed E-state index contributed by atoms with van der Waals surface area (Å²) in [6.07, 6.45) is -0.203. The molecule has 1 atom stereocenters. The number of carboxylic acids is 1. The fourth-order valence-electron chi connectivity index (χ4n) is 1.10. The molecule has 0 bridgehead atoms. The van der Waals surface area contributed by atoms with Crippen LogP contribution in [-0.2, 0) is 4.79 Å². The van der Waals surface area contributed by atoms with Crippen molar-refractivity contribution >= 4 is 11.7 Å². The predicted molar refractivity (Wildman–Crippen MR) is 50.0 cm³/mol. The quantitative estimate of drug-likeness (QED) is 0.629. The van der Waals surface area contributed by atoms with E-state index in [0.717, 1.165) is 0 Å². The summed E-state index contributed by atoms with van der Waals surface area (Å²) in [4.78, 5) is 10.3. The van der Waals surface area contributed by atoms with Crippen LogP contribution in [0, 0.1) is 5.82 Å².